The van der Waals surface area contributed by atoms with Gasteiger partial charge in [-0.1, -0.05) is 12.1 Å². The Morgan fingerprint density at radius 1 is 1.43 bits per heavy atom. The molecule has 0 aliphatic carbocycles. The van der Waals surface area contributed by atoms with Crippen LogP contribution in [0.1, 0.15) is 39.6 Å². The first-order valence-corrected chi connectivity index (χ1v) is 6.98. The van der Waals surface area contributed by atoms with E-state index in [-0.39, 0.29) is 17.9 Å². The monoisotopic (exact) mass is 284 g/mol. The minimum absolute atomic E-state index is 0.0788. The molecule has 0 bridgehead atoms. The van der Waals surface area contributed by atoms with E-state index in [0.29, 0.717) is 5.82 Å². The fourth-order valence-corrected chi connectivity index (χ4v) is 2.31. The molecule has 0 saturated carbocycles. The predicted molar refractivity (Wildman–Crippen MR) is 81.7 cm³/mol. The average Bonchev–Trinajstić information content (AvgIpc) is 2.74. The van der Waals surface area contributed by atoms with Crippen molar-refractivity contribution in [2.24, 2.45) is 0 Å². The SMILES string of the molecule is CC(C(=O)NC(C)(C)C)n1c(CC#N)nc2ccccc21. The zero-order chi connectivity index (χ0) is 15.6. The van der Waals surface area contributed by atoms with Crippen LogP contribution >= 0.6 is 0 Å². The lowest BCUT2D eigenvalue weighted by Gasteiger charge is -2.24. The fraction of sp³-hybridized carbons (Fsp3) is 0.438. The molecule has 5 heteroatoms. The highest BCUT2D eigenvalue weighted by Gasteiger charge is 2.24. The standard InChI is InChI=1S/C16H20N4O/c1-11(15(21)19-16(2,3)4)20-13-8-6-5-7-12(13)18-14(20)9-10-17/h5-8,11H,9H2,1-4H3,(H,19,21). The van der Waals surface area contributed by atoms with E-state index in [1.54, 1.807) is 0 Å². The van der Waals surface area contributed by atoms with Crippen LogP contribution in [-0.2, 0) is 11.2 Å². The summed E-state index contributed by atoms with van der Waals surface area (Å²) >= 11 is 0. The molecule has 2 rings (SSSR count). The maximum Gasteiger partial charge on any atom is 0.243 e. The number of imidazole rings is 1. The van der Waals surface area contributed by atoms with Gasteiger partial charge in [-0.2, -0.15) is 5.26 Å². The van der Waals surface area contributed by atoms with Gasteiger partial charge in [0.15, 0.2) is 0 Å². The number of nitrogens with one attached hydrogen (secondary N) is 1. The summed E-state index contributed by atoms with van der Waals surface area (Å²) < 4.78 is 1.85. The van der Waals surface area contributed by atoms with E-state index < -0.39 is 6.04 Å². The third-order valence-electron chi connectivity index (χ3n) is 3.17. The Balaban J connectivity index is 2.46. The van der Waals surface area contributed by atoms with Gasteiger partial charge in [0, 0.05) is 5.54 Å². The molecule has 1 unspecified atom stereocenters. The Bertz CT molecular complexity index is 703. The lowest BCUT2D eigenvalue weighted by Crippen LogP contribution is -2.44. The Morgan fingerprint density at radius 2 is 2.10 bits per heavy atom. The van der Waals surface area contributed by atoms with Crippen molar-refractivity contribution in [2.45, 2.75) is 45.7 Å². The van der Waals surface area contributed by atoms with Gasteiger partial charge in [-0.15, -0.1) is 0 Å². The summed E-state index contributed by atoms with van der Waals surface area (Å²) in [5.74, 6) is 0.542. The lowest BCUT2D eigenvalue weighted by molar-refractivity contribution is -0.125. The molecular formula is C16H20N4O. The van der Waals surface area contributed by atoms with Crippen molar-refractivity contribution >= 4 is 16.9 Å². The molecular weight excluding hydrogens is 264 g/mol. The van der Waals surface area contributed by atoms with Crippen molar-refractivity contribution in [1.82, 2.24) is 14.9 Å². The number of aromatic nitrogens is 2. The number of carbonyl (C=O) groups excluding carboxylic acids is 1. The number of nitriles is 1. The Hall–Kier alpha value is -2.35. The summed E-state index contributed by atoms with van der Waals surface area (Å²) in [4.78, 5) is 16.9. The number of benzene rings is 1. The molecule has 1 aromatic carbocycles. The zero-order valence-corrected chi connectivity index (χ0v) is 12.8. The summed E-state index contributed by atoms with van der Waals surface area (Å²) in [7, 11) is 0. The first-order valence-electron chi connectivity index (χ1n) is 6.98. The minimum atomic E-state index is -0.417. The molecule has 0 fully saturated rings. The van der Waals surface area contributed by atoms with Gasteiger partial charge in [-0.3, -0.25) is 4.79 Å². The molecule has 5 nitrogen and oxygen atoms in total. The van der Waals surface area contributed by atoms with Crippen molar-refractivity contribution in [2.75, 3.05) is 0 Å². The molecule has 0 aliphatic heterocycles. The normalized spacial score (nSPS) is 12.9. The highest BCUT2D eigenvalue weighted by atomic mass is 16.2. The summed E-state index contributed by atoms with van der Waals surface area (Å²) in [6, 6.07) is 9.31. The minimum Gasteiger partial charge on any atom is -0.350 e. The van der Waals surface area contributed by atoms with Crippen molar-refractivity contribution in [1.29, 1.82) is 5.26 Å². The van der Waals surface area contributed by atoms with Gasteiger partial charge in [-0.05, 0) is 39.8 Å². The van der Waals surface area contributed by atoms with Crippen LogP contribution in [0.3, 0.4) is 0 Å². The number of hydrogen-bond acceptors (Lipinski definition) is 3. The molecule has 1 N–H and O–H groups in total. The van der Waals surface area contributed by atoms with Gasteiger partial charge in [-0.25, -0.2) is 4.98 Å². The summed E-state index contributed by atoms with van der Waals surface area (Å²) in [6.07, 6.45) is 0.182. The zero-order valence-electron chi connectivity index (χ0n) is 12.8. The molecule has 110 valence electrons. The van der Waals surface area contributed by atoms with E-state index >= 15 is 0 Å². The van der Waals surface area contributed by atoms with Gasteiger partial charge in [0.2, 0.25) is 5.91 Å². The molecule has 0 radical (unpaired) electrons. The second-order valence-corrected chi connectivity index (χ2v) is 6.14. The molecule has 2 aromatic rings. The van der Waals surface area contributed by atoms with Crippen LogP contribution in [0.5, 0.6) is 0 Å². The van der Waals surface area contributed by atoms with Crippen molar-refractivity contribution < 1.29 is 4.79 Å². The van der Waals surface area contributed by atoms with Gasteiger partial charge >= 0.3 is 0 Å². The van der Waals surface area contributed by atoms with Gasteiger partial charge in [0.1, 0.15) is 11.9 Å². The number of carbonyl (C=O) groups is 1. The second-order valence-electron chi connectivity index (χ2n) is 6.14. The number of para-hydroxylation sites is 2. The fourth-order valence-electron chi connectivity index (χ4n) is 2.31. The largest absolute Gasteiger partial charge is 0.350 e. The quantitative estimate of drug-likeness (QED) is 0.941. The average molecular weight is 284 g/mol. The molecule has 0 saturated heterocycles. The van der Waals surface area contributed by atoms with Crippen LogP contribution in [0.25, 0.3) is 11.0 Å². The van der Waals surface area contributed by atoms with Crippen LogP contribution < -0.4 is 5.32 Å². The predicted octanol–water partition coefficient (Wildman–Crippen LogP) is 2.58. The summed E-state index contributed by atoms with van der Waals surface area (Å²) in [5, 5.41) is 11.9. The van der Waals surface area contributed by atoms with Crippen molar-refractivity contribution in [3.8, 4) is 6.07 Å². The molecule has 1 aromatic heterocycles. The van der Waals surface area contributed by atoms with Crippen molar-refractivity contribution in [3.05, 3.63) is 30.1 Å². The van der Waals surface area contributed by atoms with Crippen LogP contribution in [0.15, 0.2) is 24.3 Å². The third kappa shape index (κ3) is 3.22. The number of rotatable bonds is 3. The number of amides is 1. The molecule has 0 spiro atoms. The van der Waals surface area contributed by atoms with Crippen LogP contribution in [0.4, 0.5) is 0 Å². The Kier molecular flexibility index (Phi) is 3.99. The second kappa shape index (κ2) is 5.57. The number of nitrogens with zero attached hydrogens (tertiary/aromatic N) is 3. The van der Waals surface area contributed by atoms with Gasteiger partial charge < -0.3 is 9.88 Å². The maximum absolute atomic E-state index is 12.4. The van der Waals surface area contributed by atoms with Crippen molar-refractivity contribution in [3.63, 3.8) is 0 Å². The summed E-state index contributed by atoms with van der Waals surface area (Å²) in [5.41, 5.74) is 1.38. The Morgan fingerprint density at radius 3 is 2.71 bits per heavy atom. The number of fused-ring (bicyclic) bond motifs is 1. The smallest absolute Gasteiger partial charge is 0.243 e. The van der Waals surface area contributed by atoms with Gasteiger partial charge in [0.05, 0.1) is 23.5 Å². The highest BCUT2D eigenvalue weighted by molar-refractivity contribution is 5.84. The van der Waals surface area contributed by atoms with Crippen LogP contribution in [-0.4, -0.2) is 21.0 Å². The van der Waals surface area contributed by atoms with Crippen LogP contribution in [0.2, 0.25) is 0 Å². The van der Waals surface area contributed by atoms with E-state index in [1.165, 1.54) is 0 Å². The first kappa shape index (κ1) is 15.0. The maximum atomic E-state index is 12.4. The summed E-state index contributed by atoms with van der Waals surface area (Å²) in [6.45, 7) is 7.66. The molecule has 1 heterocycles. The highest BCUT2D eigenvalue weighted by Crippen LogP contribution is 2.22. The van der Waals surface area contributed by atoms with E-state index in [0.717, 1.165) is 11.0 Å². The molecule has 1 amide bonds. The Labute approximate surface area is 124 Å². The third-order valence-corrected chi connectivity index (χ3v) is 3.17. The van der Waals surface area contributed by atoms with Gasteiger partial charge in [0.25, 0.3) is 0 Å². The molecule has 0 aliphatic rings. The topological polar surface area (TPSA) is 70.7 Å². The first-order chi connectivity index (χ1) is 9.83. The lowest BCUT2D eigenvalue weighted by atomic mass is 10.1. The van der Waals surface area contributed by atoms with E-state index in [9.17, 15) is 4.79 Å². The molecule has 1 atom stereocenters. The van der Waals surface area contributed by atoms with E-state index in [1.807, 2.05) is 56.5 Å². The van der Waals surface area contributed by atoms with E-state index in [2.05, 4.69) is 16.4 Å². The van der Waals surface area contributed by atoms with Crippen LogP contribution in [0, 0.1) is 11.3 Å². The molecule has 21 heavy (non-hydrogen) atoms. The number of hydrogen-bond donors (Lipinski definition) is 1. The van der Waals surface area contributed by atoms with E-state index in [4.69, 9.17) is 5.26 Å².